The first-order valence-electron chi connectivity index (χ1n) is 5.92. The predicted octanol–water partition coefficient (Wildman–Crippen LogP) is 1.59. The first kappa shape index (κ1) is 13.0. The van der Waals surface area contributed by atoms with Gasteiger partial charge in [0, 0.05) is 18.1 Å². The van der Waals surface area contributed by atoms with Crippen LogP contribution in [0.15, 0.2) is 0 Å². The van der Waals surface area contributed by atoms with Crippen LogP contribution in [0.4, 0.5) is 0 Å². The SMILES string of the molecule is CCNC1CCC(CCCS(C)(=O)=O)C1. The number of hydrogen-bond acceptors (Lipinski definition) is 3. The summed E-state index contributed by atoms with van der Waals surface area (Å²) in [6, 6.07) is 0.679. The summed E-state index contributed by atoms with van der Waals surface area (Å²) in [5.74, 6) is 1.10. The van der Waals surface area contributed by atoms with Gasteiger partial charge < -0.3 is 5.32 Å². The first-order chi connectivity index (χ1) is 7.01. The second kappa shape index (κ2) is 5.85. The molecule has 0 amide bonds. The Morgan fingerprint density at radius 1 is 1.33 bits per heavy atom. The van der Waals surface area contributed by atoms with Gasteiger partial charge in [-0.15, -0.1) is 0 Å². The van der Waals surface area contributed by atoms with Gasteiger partial charge in [-0.2, -0.15) is 0 Å². The molecule has 3 nitrogen and oxygen atoms in total. The van der Waals surface area contributed by atoms with Crippen LogP contribution >= 0.6 is 0 Å². The van der Waals surface area contributed by atoms with E-state index in [1.807, 2.05) is 0 Å². The number of rotatable bonds is 6. The number of hydrogen-bond donors (Lipinski definition) is 1. The molecule has 1 aliphatic rings. The fourth-order valence-corrected chi connectivity index (χ4v) is 3.14. The van der Waals surface area contributed by atoms with Crippen LogP contribution in [0.2, 0.25) is 0 Å². The molecular formula is C11H23NO2S. The third-order valence-corrected chi connectivity index (χ3v) is 4.19. The van der Waals surface area contributed by atoms with Crippen LogP contribution in [-0.2, 0) is 9.84 Å². The minimum Gasteiger partial charge on any atom is -0.314 e. The second-order valence-electron chi connectivity index (χ2n) is 4.71. The molecule has 15 heavy (non-hydrogen) atoms. The van der Waals surface area contributed by atoms with Gasteiger partial charge in [0.15, 0.2) is 0 Å². The van der Waals surface area contributed by atoms with E-state index in [0.29, 0.717) is 11.8 Å². The summed E-state index contributed by atoms with van der Waals surface area (Å²) >= 11 is 0. The maximum Gasteiger partial charge on any atom is 0.147 e. The lowest BCUT2D eigenvalue weighted by Gasteiger charge is -2.11. The molecule has 0 aromatic rings. The Morgan fingerprint density at radius 2 is 2.07 bits per heavy atom. The fraction of sp³-hybridized carbons (Fsp3) is 1.00. The van der Waals surface area contributed by atoms with Crippen molar-refractivity contribution in [1.82, 2.24) is 5.32 Å². The van der Waals surface area contributed by atoms with Crippen molar-refractivity contribution >= 4 is 9.84 Å². The van der Waals surface area contributed by atoms with Crippen molar-refractivity contribution in [3.63, 3.8) is 0 Å². The van der Waals surface area contributed by atoms with Gasteiger partial charge in [-0.1, -0.05) is 6.92 Å². The quantitative estimate of drug-likeness (QED) is 0.758. The molecular weight excluding hydrogens is 210 g/mol. The van der Waals surface area contributed by atoms with Crippen LogP contribution in [0.5, 0.6) is 0 Å². The normalized spacial score (nSPS) is 27.1. The summed E-state index contributed by atoms with van der Waals surface area (Å²) < 4.78 is 21.9. The van der Waals surface area contributed by atoms with E-state index in [0.717, 1.165) is 25.3 Å². The molecule has 1 saturated carbocycles. The molecule has 0 radical (unpaired) electrons. The summed E-state index contributed by atoms with van der Waals surface area (Å²) in [5, 5.41) is 3.46. The third-order valence-electron chi connectivity index (χ3n) is 3.16. The molecule has 1 aliphatic carbocycles. The highest BCUT2D eigenvalue weighted by Gasteiger charge is 2.23. The van der Waals surface area contributed by atoms with E-state index in [4.69, 9.17) is 0 Å². The van der Waals surface area contributed by atoms with Crippen LogP contribution in [0.1, 0.15) is 39.0 Å². The molecule has 2 atom stereocenters. The molecule has 0 saturated heterocycles. The Bertz CT molecular complexity index is 274. The van der Waals surface area contributed by atoms with Gasteiger partial charge in [-0.25, -0.2) is 8.42 Å². The monoisotopic (exact) mass is 233 g/mol. The van der Waals surface area contributed by atoms with Crippen LogP contribution in [0.3, 0.4) is 0 Å². The van der Waals surface area contributed by atoms with Crippen molar-refractivity contribution in [2.75, 3.05) is 18.6 Å². The highest BCUT2D eigenvalue weighted by molar-refractivity contribution is 7.90. The van der Waals surface area contributed by atoms with Crippen molar-refractivity contribution < 1.29 is 8.42 Å². The maximum atomic E-state index is 11.0. The van der Waals surface area contributed by atoms with Crippen LogP contribution < -0.4 is 5.32 Å². The van der Waals surface area contributed by atoms with Crippen molar-refractivity contribution in [2.45, 2.75) is 45.1 Å². The van der Waals surface area contributed by atoms with Gasteiger partial charge in [0.1, 0.15) is 9.84 Å². The van der Waals surface area contributed by atoms with E-state index in [1.165, 1.54) is 25.5 Å². The minimum absolute atomic E-state index is 0.357. The molecule has 0 aromatic heterocycles. The molecule has 1 fully saturated rings. The lowest BCUT2D eigenvalue weighted by Crippen LogP contribution is -2.25. The molecule has 2 unspecified atom stereocenters. The van der Waals surface area contributed by atoms with Gasteiger partial charge >= 0.3 is 0 Å². The average molecular weight is 233 g/mol. The second-order valence-corrected chi connectivity index (χ2v) is 6.97. The zero-order valence-corrected chi connectivity index (χ0v) is 10.6. The van der Waals surface area contributed by atoms with Crippen molar-refractivity contribution in [3.8, 4) is 0 Å². The highest BCUT2D eigenvalue weighted by atomic mass is 32.2. The smallest absolute Gasteiger partial charge is 0.147 e. The lowest BCUT2D eigenvalue weighted by molar-refractivity contribution is 0.465. The molecule has 0 heterocycles. The number of sulfone groups is 1. The lowest BCUT2D eigenvalue weighted by atomic mass is 10.0. The Labute approximate surface area is 93.6 Å². The van der Waals surface area contributed by atoms with Crippen molar-refractivity contribution in [2.24, 2.45) is 5.92 Å². The first-order valence-corrected chi connectivity index (χ1v) is 7.98. The predicted molar refractivity (Wildman–Crippen MR) is 63.8 cm³/mol. The molecule has 0 bridgehead atoms. The average Bonchev–Trinajstić information content (AvgIpc) is 2.51. The van der Waals surface area contributed by atoms with E-state index < -0.39 is 9.84 Å². The standard InChI is InChI=1S/C11H23NO2S/c1-3-12-11-7-6-10(9-11)5-4-8-15(2,13)14/h10-12H,3-9H2,1-2H3. The van der Waals surface area contributed by atoms with Gasteiger partial charge in [-0.05, 0) is 44.6 Å². The summed E-state index contributed by atoms with van der Waals surface area (Å²) in [4.78, 5) is 0. The minimum atomic E-state index is -2.76. The summed E-state index contributed by atoms with van der Waals surface area (Å²) in [6.45, 7) is 3.18. The highest BCUT2D eigenvalue weighted by Crippen LogP contribution is 2.29. The number of nitrogens with one attached hydrogen (secondary N) is 1. The maximum absolute atomic E-state index is 11.0. The van der Waals surface area contributed by atoms with Gasteiger partial charge in [0.05, 0.1) is 0 Å². The van der Waals surface area contributed by atoms with Gasteiger partial charge in [-0.3, -0.25) is 0 Å². The van der Waals surface area contributed by atoms with E-state index in [-0.39, 0.29) is 0 Å². The van der Waals surface area contributed by atoms with E-state index in [9.17, 15) is 8.42 Å². The van der Waals surface area contributed by atoms with Crippen LogP contribution in [0.25, 0.3) is 0 Å². The molecule has 4 heteroatoms. The Balaban J connectivity index is 2.14. The Kier molecular flexibility index (Phi) is 5.06. The van der Waals surface area contributed by atoms with E-state index in [2.05, 4.69) is 12.2 Å². The topological polar surface area (TPSA) is 46.2 Å². The zero-order chi connectivity index (χ0) is 11.3. The molecule has 0 spiro atoms. The Hall–Kier alpha value is -0.0900. The zero-order valence-electron chi connectivity index (χ0n) is 9.83. The van der Waals surface area contributed by atoms with Crippen LogP contribution in [0, 0.1) is 5.92 Å². The summed E-state index contributed by atoms with van der Waals surface area (Å²) in [6.07, 6.45) is 7.00. The third kappa shape index (κ3) is 5.52. The molecule has 1 N–H and O–H groups in total. The van der Waals surface area contributed by atoms with Crippen molar-refractivity contribution in [3.05, 3.63) is 0 Å². The van der Waals surface area contributed by atoms with Gasteiger partial charge in [0.25, 0.3) is 0 Å². The van der Waals surface area contributed by atoms with Gasteiger partial charge in [0.2, 0.25) is 0 Å². The molecule has 0 aliphatic heterocycles. The largest absolute Gasteiger partial charge is 0.314 e. The summed E-state index contributed by atoms with van der Waals surface area (Å²) in [5.41, 5.74) is 0. The van der Waals surface area contributed by atoms with E-state index >= 15 is 0 Å². The van der Waals surface area contributed by atoms with E-state index in [1.54, 1.807) is 0 Å². The Morgan fingerprint density at radius 3 is 2.67 bits per heavy atom. The molecule has 0 aromatic carbocycles. The van der Waals surface area contributed by atoms with Crippen molar-refractivity contribution in [1.29, 1.82) is 0 Å². The fourth-order valence-electron chi connectivity index (χ4n) is 2.45. The molecule has 1 rings (SSSR count). The summed E-state index contributed by atoms with van der Waals surface area (Å²) in [7, 11) is -2.76. The van der Waals surface area contributed by atoms with Crippen LogP contribution in [-0.4, -0.2) is 33.0 Å². The molecule has 90 valence electrons.